The molecule has 6 aromatic rings. The average molecular weight is 417 g/mol. The van der Waals surface area contributed by atoms with E-state index < -0.39 is 0 Å². The van der Waals surface area contributed by atoms with Gasteiger partial charge < -0.3 is 0 Å². The predicted molar refractivity (Wildman–Crippen MR) is 113 cm³/mol. The van der Waals surface area contributed by atoms with Gasteiger partial charge in [-0.15, -0.1) is 0 Å². The number of halogens is 1. The summed E-state index contributed by atoms with van der Waals surface area (Å²) in [6.45, 7) is 0. The maximum Gasteiger partial charge on any atom is 0.0675 e. The van der Waals surface area contributed by atoms with E-state index in [9.17, 15) is 0 Å². The first-order valence-corrected chi connectivity index (χ1v) is 9.06. The highest BCUT2D eigenvalue weighted by Crippen LogP contribution is 2.44. The first-order valence-electron chi connectivity index (χ1n) is 8.09. The van der Waals surface area contributed by atoms with Crippen LogP contribution in [0, 0.1) is 0 Å². The van der Waals surface area contributed by atoms with Gasteiger partial charge in [0.25, 0.3) is 0 Å². The summed E-state index contributed by atoms with van der Waals surface area (Å²) in [5.74, 6) is 0. The maximum absolute atomic E-state index is 2.45. The van der Waals surface area contributed by atoms with Crippen molar-refractivity contribution in [1.82, 2.24) is 2.78 Å². The minimum absolute atomic E-state index is 1.28. The van der Waals surface area contributed by atoms with E-state index in [0.717, 1.165) is 0 Å². The third-order valence-corrected chi connectivity index (χ3v) is 6.23. The highest BCUT2D eigenvalue weighted by molar-refractivity contribution is 14.1. The lowest BCUT2D eigenvalue weighted by Gasteiger charge is -2.13. The second kappa shape index (κ2) is 4.39. The van der Waals surface area contributed by atoms with Gasteiger partial charge in [-0.25, -0.2) is 0 Å². The quantitative estimate of drug-likeness (QED) is 0.187. The number of fused-ring (bicyclic) bond motifs is 5. The van der Waals surface area contributed by atoms with Crippen LogP contribution in [0.15, 0.2) is 72.8 Å². The molecule has 0 saturated heterocycles. The van der Waals surface area contributed by atoms with E-state index in [2.05, 4.69) is 98.4 Å². The molecule has 1 nitrogen and oxygen atoms in total. The fourth-order valence-electron chi connectivity index (χ4n) is 4.28. The van der Waals surface area contributed by atoms with Crippen LogP contribution in [0.1, 0.15) is 0 Å². The van der Waals surface area contributed by atoms with Crippen LogP contribution in [-0.4, -0.2) is 2.78 Å². The lowest BCUT2D eigenvalue weighted by Crippen LogP contribution is -1.87. The van der Waals surface area contributed by atoms with Gasteiger partial charge in [-0.1, -0.05) is 66.7 Å². The first kappa shape index (κ1) is 13.0. The standard InChI is InChI=1S/C22H12IN/c23-24-18-10-2-1-7-15(18)21-16-8-3-5-13-11-12-14-6-4-9-17(22(21)24)20(14)19(13)16/h1-12H. The molecule has 0 amide bonds. The summed E-state index contributed by atoms with van der Waals surface area (Å²) in [6, 6.07) is 26.6. The van der Waals surface area contributed by atoms with E-state index in [1.165, 1.54) is 54.1 Å². The highest BCUT2D eigenvalue weighted by Gasteiger charge is 2.18. The van der Waals surface area contributed by atoms with E-state index in [1.807, 2.05) is 0 Å². The molecule has 1 aromatic heterocycles. The molecule has 0 unspecified atom stereocenters. The van der Waals surface area contributed by atoms with E-state index in [4.69, 9.17) is 0 Å². The maximum atomic E-state index is 2.45. The van der Waals surface area contributed by atoms with Crippen LogP contribution in [0.4, 0.5) is 0 Å². The van der Waals surface area contributed by atoms with E-state index in [-0.39, 0.29) is 0 Å². The van der Waals surface area contributed by atoms with Crippen molar-refractivity contribution in [3.63, 3.8) is 0 Å². The Bertz CT molecular complexity index is 1410. The minimum Gasteiger partial charge on any atom is -0.281 e. The molecule has 0 spiro atoms. The molecule has 24 heavy (non-hydrogen) atoms. The summed E-state index contributed by atoms with van der Waals surface area (Å²) in [5.41, 5.74) is 2.61. The molecule has 0 fully saturated rings. The van der Waals surface area contributed by atoms with E-state index >= 15 is 0 Å². The molecular formula is C22H12IN. The topological polar surface area (TPSA) is 4.93 Å². The summed E-state index contributed by atoms with van der Waals surface area (Å²) >= 11 is 2.45. The van der Waals surface area contributed by atoms with Gasteiger partial charge in [0.1, 0.15) is 0 Å². The fourth-order valence-corrected chi connectivity index (χ4v) is 5.20. The Labute approximate surface area is 152 Å². The van der Waals surface area contributed by atoms with E-state index in [1.54, 1.807) is 0 Å². The molecule has 2 heteroatoms. The van der Waals surface area contributed by atoms with Crippen molar-refractivity contribution < 1.29 is 0 Å². The molecule has 0 N–H and O–H groups in total. The van der Waals surface area contributed by atoms with Crippen LogP contribution >= 0.6 is 22.9 Å². The monoisotopic (exact) mass is 417 g/mol. The first-order chi connectivity index (χ1) is 11.8. The van der Waals surface area contributed by atoms with Crippen molar-refractivity contribution in [3.8, 4) is 0 Å². The minimum atomic E-state index is 1.28. The Morgan fingerprint density at radius 3 is 1.96 bits per heavy atom. The zero-order chi connectivity index (χ0) is 15.8. The molecule has 0 aliphatic carbocycles. The van der Waals surface area contributed by atoms with Gasteiger partial charge in [0.2, 0.25) is 0 Å². The summed E-state index contributed by atoms with van der Waals surface area (Å²) in [5, 5.41) is 10.8. The highest BCUT2D eigenvalue weighted by atomic mass is 127. The number of nitrogens with zero attached hydrogens (tertiary/aromatic N) is 1. The lowest BCUT2D eigenvalue weighted by atomic mass is 9.91. The predicted octanol–water partition coefficient (Wildman–Crippen LogP) is 6.89. The van der Waals surface area contributed by atoms with Gasteiger partial charge >= 0.3 is 0 Å². The SMILES string of the molecule is In1c2ccccc2c2c3cccc4ccc5cccc(c5c43)c21. The third kappa shape index (κ3) is 1.41. The van der Waals surface area contributed by atoms with Crippen molar-refractivity contribution in [2.24, 2.45) is 0 Å². The summed E-state index contributed by atoms with van der Waals surface area (Å²) in [7, 11) is 0. The van der Waals surface area contributed by atoms with Gasteiger partial charge in [-0.3, -0.25) is 2.78 Å². The van der Waals surface area contributed by atoms with Crippen LogP contribution in [0.2, 0.25) is 0 Å². The Morgan fingerprint density at radius 2 is 1.17 bits per heavy atom. The Balaban J connectivity index is 2.15. The van der Waals surface area contributed by atoms with Crippen LogP contribution in [0.5, 0.6) is 0 Å². The number of aromatic nitrogens is 1. The molecule has 0 atom stereocenters. The van der Waals surface area contributed by atoms with Crippen LogP contribution < -0.4 is 0 Å². The normalized spacial score (nSPS) is 12.4. The number of para-hydroxylation sites is 1. The van der Waals surface area contributed by atoms with Gasteiger partial charge in [0.15, 0.2) is 0 Å². The van der Waals surface area contributed by atoms with Gasteiger partial charge in [-0.2, -0.15) is 0 Å². The molecule has 0 aliphatic heterocycles. The summed E-state index contributed by atoms with van der Waals surface area (Å²) in [4.78, 5) is 0. The second-order valence-corrected chi connectivity index (χ2v) is 7.36. The largest absolute Gasteiger partial charge is 0.281 e. The number of hydrogen-bond acceptors (Lipinski definition) is 0. The van der Waals surface area contributed by atoms with E-state index in [0.29, 0.717) is 0 Å². The Hall–Kier alpha value is -2.33. The van der Waals surface area contributed by atoms with Crippen molar-refractivity contribution in [2.75, 3.05) is 0 Å². The molecule has 0 aliphatic rings. The summed E-state index contributed by atoms with van der Waals surface area (Å²) in [6.07, 6.45) is 0. The smallest absolute Gasteiger partial charge is 0.0675 e. The molecule has 112 valence electrons. The molecule has 0 saturated carbocycles. The molecule has 1 heterocycles. The number of hydrogen-bond donors (Lipinski definition) is 0. The van der Waals surface area contributed by atoms with Crippen molar-refractivity contribution >= 4 is 77.0 Å². The molecule has 0 radical (unpaired) electrons. The zero-order valence-electron chi connectivity index (χ0n) is 12.8. The Morgan fingerprint density at radius 1 is 0.542 bits per heavy atom. The van der Waals surface area contributed by atoms with Gasteiger partial charge in [-0.05, 0) is 33.0 Å². The van der Waals surface area contributed by atoms with Crippen molar-refractivity contribution in [3.05, 3.63) is 72.8 Å². The van der Waals surface area contributed by atoms with Crippen molar-refractivity contribution in [1.29, 1.82) is 0 Å². The second-order valence-electron chi connectivity index (χ2n) is 6.39. The fraction of sp³-hybridized carbons (Fsp3) is 0. The number of rotatable bonds is 0. The van der Waals surface area contributed by atoms with Crippen LogP contribution in [-0.2, 0) is 0 Å². The van der Waals surface area contributed by atoms with Gasteiger partial charge in [0, 0.05) is 16.2 Å². The molecule has 6 rings (SSSR count). The zero-order valence-corrected chi connectivity index (χ0v) is 14.9. The van der Waals surface area contributed by atoms with Crippen LogP contribution in [0.25, 0.3) is 54.1 Å². The third-order valence-electron chi connectivity index (χ3n) is 5.23. The molecule has 5 aromatic carbocycles. The number of benzene rings is 5. The average Bonchev–Trinajstić information content (AvgIpc) is 2.94. The van der Waals surface area contributed by atoms with Crippen LogP contribution in [0.3, 0.4) is 0 Å². The Kier molecular flexibility index (Phi) is 2.38. The summed E-state index contributed by atoms with van der Waals surface area (Å²) < 4.78 is 2.33. The van der Waals surface area contributed by atoms with Gasteiger partial charge in [0.05, 0.1) is 33.9 Å². The lowest BCUT2D eigenvalue weighted by molar-refractivity contribution is 1.51. The molecular weight excluding hydrogens is 405 g/mol. The van der Waals surface area contributed by atoms with Crippen molar-refractivity contribution in [2.45, 2.75) is 0 Å². The molecule has 0 bridgehead atoms.